The smallest absolute Gasteiger partial charge is 0.319 e. The Morgan fingerprint density at radius 2 is 1.63 bits per heavy atom. The maximum absolute atomic E-state index is 12.7. The number of hydrogen-bond acceptors (Lipinski definition) is 2. The van der Waals surface area contributed by atoms with E-state index in [9.17, 15) is 9.59 Å². The first-order chi connectivity index (χ1) is 13.0. The van der Waals surface area contributed by atoms with Gasteiger partial charge in [-0.15, -0.1) is 0 Å². The highest BCUT2D eigenvalue weighted by atomic mass is 16.2. The van der Waals surface area contributed by atoms with Crippen LogP contribution >= 0.6 is 0 Å². The molecule has 1 aliphatic carbocycles. The predicted octanol–water partition coefficient (Wildman–Crippen LogP) is 4.32. The molecule has 6 nitrogen and oxygen atoms in total. The molecule has 138 valence electrons. The molecule has 0 unspecified atom stereocenters. The zero-order chi connectivity index (χ0) is 19.0. The maximum atomic E-state index is 12.7. The number of carbonyl (C=O) groups excluding carboxylic acids is 2. The van der Waals surface area contributed by atoms with Crippen molar-refractivity contribution in [3.05, 3.63) is 59.3 Å². The van der Waals surface area contributed by atoms with Crippen molar-refractivity contribution in [2.24, 2.45) is 0 Å². The summed E-state index contributed by atoms with van der Waals surface area (Å²) < 4.78 is 0. The van der Waals surface area contributed by atoms with Crippen LogP contribution in [0.2, 0.25) is 0 Å². The normalized spacial score (nSPS) is 13.4. The first kappa shape index (κ1) is 17.1. The summed E-state index contributed by atoms with van der Waals surface area (Å²) in [6, 6.07) is 12.9. The predicted molar refractivity (Wildman–Crippen MR) is 107 cm³/mol. The fraction of sp³-hybridized carbons (Fsp3) is 0.238. The summed E-state index contributed by atoms with van der Waals surface area (Å²) >= 11 is 0. The molecule has 3 aromatic rings. The van der Waals surface area contributed by atoms with Gasteiger partial charge in [-0.1, -0.05) is 12.1 Å². The Morgan fingerprint density at radius 1 is 0.963 bits per heavy atom. The van der Waals surface area contributed by atoms with E-state index >= 15 is 0 Å². The molecular formula is C21H22N4O2. The van der Waals surface area contributed by atoms with Crippen LogP contribution in [0.3, 0.4) is 0 Å². The molecule has 6 heteroatoms. The molecule has 1 saturated carbocycles. The average molecular weight is 362 g/mol. The third kappa shape index (κ3) is 3.65. The van der Waals surface area contributed by atoms with Gasteiger partial charge in [0.15, 0.2) is 0 Å². The van der Waals surface area contributed by atoms with Crippen molar-refractivity contribution in [3.8, 4) is 0 Å². The number of aryl methyl sites for hydroxylation is 2. The lowest BCUT2D eigenvalue weighted by Gasteiger charge is -2.09. The monoisotopic (exact) mass is 362 g/mol. The highest BCUT2D eigenvalue weighted by molar-refractivity contribution is 6.12. The number of benzene rings is 2. The largest absolute Gasteiger partial charge is 0.358 e. The van der Waals surface area contributed by atoms with E-state index in [0.29, 0.717) is 23.0 Å². The van der Waals surface area contributed by atoms with Crippen molar-refractivity contribution >= 4 is 34.2 Å². The first-order valence-electron chi connectivity index (χ1n) is 9.08. The van der Waals surface area contributed by atoms with Gasteiger partial charge in [0.2, 0.25) is 0 Å². The molecule has 0 radical (unpaired) electrons. The minimum atomic E-state index is -0.196. The summed E-state index contributed by atoms with van der Waals surface area (Å²) in [5.41, 5.74) is 5.02. The first-order valence-corrected chi connectivity index (χ1v) is 9.08. The van der Waals surface area contributed by atoms with Crippen LogP contribution in [0.4, 0.5) is 16.2 Å². The van der Waals surface area contributed by atoms with Crippen LogP contribution in [-0.2, 0) is 0 Å². The van der Waals surface area contributed by atoms with Crippen LogP contribution in [0.1, 0.15) is 34.5 Å². The number of anilines is 2. The quantitative estimate of drug-likeness (QED) is 0.557. The minimum absolute atomic E-state index is 0.172. The second-order valence-electron chi connectivity index (χ2n) is 7.01. The van der Waals surface area contributed by atoms with Crippen molar-refractivity contribution in [1.82, 2.24) is 10.3 Å². The summed E-state index contributed by atoms with van der Waals surface area (Å²) in [7, 11) is 0. The van der Waals surface area contributed by atoms with E-state index < -0.39 is 0 Å². The Morgan fingerprint density at radius 3 is 2.30 bits per heavy atom. The average Bonchev–Trinajstić information content (AvgIpc) is 3.41. The van der Waals surface area contributed by atoms with Crippen molar-refractivity contribution < 1.29 is 9.59 Å². The lowest BCUT2D eigenvalue weighted by molar-refractivity contribution is 0.102. The van der Waals surface area contributed by atoms with Crippen molar-refractivity contribution in [1.29, 1.82) is 0 Å². The van der Waals surface area contributed by atoms with Gasteiger partial charge in [0.1, 0.15) is 0 Å². The van der Waals surface area contributed by atoms with Crippen LogP contribution in [-0.4, -0.2) is 23.0 Å². The van der Waals surface area contributed by atoms with Crippen molar-refractivity contribution in [2.45, 2.75) is 32.7 Å². The van der Waals surface area contributed by atoms with E-state index in [1.165, 1.54) is 0 Å². The van der Waals surface area contributed by atoms with Gasteiger partial charge >= 0.3 is 6.03 Å². The molecule has 0 atom stereocenters. The van der Waals surface area contributed by atoms with E-state index in [4.69, 9.17) is 0 Å². The number of aromatic nitrogens is 1. The van der Waals surface area contributed by atoms with Gasteiger partial charge in [-0.05, 0) is 62.6 Å². The zero-order valence-electron chi connectivity index (χ0n) is 15.3. The molecule has 1 fully saturated rings. The van der Waals surface area contributed by atoms with Crippen molar-refractivity contribution in [2.75, 3.05) is 10.6 Å². The van der Waals surface area contributed by atoms with Crippen LogP contribution in [0.15, 0.2) is 42.5 Å². The molecule has 3 amide bonds. The summed E-state index contributed by atoms with van der Waals surface area (Å²) in [4.78, 5) is 27.8. The second kappa shape index (κ2) is 6.79. The van der Waals surface area contributed by atoms with Crippen LogP contribution in [0, 0.1) is 13.8 Å². The van der Waals surface area contributed by atoms with Gasteiger partial charge in [-0.3, -0.25) is 4.79 Å². The highest BCUT2D eigenvalue weighted by Crippen LogP contribution is 2.25. The SMILES string of the molecule is Cc1[nH]c2c(C(=O)Nc3ccc(NC(=O)NC4CC4)cc3)cccc2c1C. The molecule has 0 spiro atoms. The van der Waals surface area contributed by atoms with E-state index in [2.05, 4.69) is 20.9 Å². The number of hydrogen-bond donors (Lipinski definition) is 4. The van der Waals surface area contributed by atoms with E-state index in [1.54, 1.807) is 24.3 Å². The molecule has 27 heavy (non-hydrogen) atoms. The molecule has 0 bridgehead atoms. The van der Waals surface area contributed by atoms with E-state index in [0.717, 1.165) is 35.0 Å². The molecule has 0 aliphatic heterocycles. The molecule has 1 aromatic heterocycles. The Balaban J connectivity index is 1.46. The van der Waals surface area contributed by atoms with Gasteiger partial charge < -0.3 is 20.9 Å². The molecular weight excluding hydrogens is 340 g/mol. The van der Waals surface area contributed by atoms with Crippen LogP contribution < -0.4 is 16.0 Å². The van der Waals surface area contributed by atoms with Crippen LogP contribution in [0.25, 0.3) is 10.9 Å². The van der Waals surface area contributed by atoms with Gasteiger partial charge in [0.05, 0.1) is 11.1 Å². The number of H-pyrrole nitrogens is 1. The number of urea groups is 1. The van der Waals surface area contributed by atoms with Gasteiger partial charge in [-0.2, -0.15) is 0 Å². The topological polar surface area (TPSA) is 86.0 Å². The lowest BCUT2D eigenvalue weighted by atomic mass is 10.1. The number of rotatable bonds is 4. The zero-order valence-corrected chi connectivity index (χ0v) is 15.3. The number of aromatic amines is 1. The second-order valence-corrected chi connectivity index (χ2v) is 7.01. The fourth-order valence-electron chi connectivity index (χ4n) is 3.09. The Bertz CT molecular complexity index is 1020. The van der Waals surface area contributed by atoms with E-state index in [1.807, 2.05) is 32.0 Å². The summed E-state index contributed by atoms with van der Waals surface area (Å²) in [6.45, 7) is 4.04. The molecule has 2 aromatic carbocycles. The Labute approximate surface area is 157 Å². The summed E-state index contributed by atoms with van der Waals surface area (Å²) in [5, 5.41) is 9.63. The molecule has 1 heterocycles. The third-order valence-electron chi connectivity index (χ3n) is 4.90. The van der Waals surface area contributed by atoms with Crippen LogP contribution in [0.5, 0.6) is 0 Å². The summed E-state index contributed by atoms with van der Waals surface area (Å²) in [6.07, 6.45) is 2.09. The number of carbonyl (C=O) groups is 2. The molecule has 4 rings (SSSR count). The Kier molecular flexibility index (Phi) is 4.32. The molecule has 1 aliphatic rings. The number of amides is 3. The third-order valence-corrected chi connectivity index (χ3v) is 4.90. The number of nitrogens with one attached hydrogen (secondary N) is 4. The molecule has 4 N–H and O–H groups in total. The summed E-state index contributed by atoms with van der Waals surface area (Å²) in [5.74, 6) is -0.172. The molecule has 0 saturated heterocycles. The van der Waals surface area contributed by atoms with Gasteiger partial charge in [-0.25, -0.2) is 4.79 Å². The maximum Gasteiger partial charge on any atom is 0.319 e. The number of fused-ring (bicyclic) bond motifs is 1. The van der Waals surface area contributed by atoms with Gasteiger partial charge in [0, 0.05) is 28.5 Å². The highest BCUT2D eigenvalue weighted by Gasteiger charge is 2.23. The Hall–Kier alpha value is -3.28. The number of para-hydroxylation sites is 1. The van der Waals surface area contributed by atoms with Crippen molar-refractivity contribution in [3.63, 3.8) is 0 Å². The standard InChI is InChI=1S/C21H22N4O2/c1-12-13(2)22-19-17(12)4-3-5-18(19)20(26)23-14-6-8-15(9-7-14)24-21(27)25-16-10-11-16/h3-9,16,22H,10-11H2,1-2H3,(H,23,26)(H2,24,25,27). The fourth-order valence-corrected chi connectivity index (χ4v) is 3.09. The minimum Gasteiger partial charge on any atom is -0.358 e. The lowest BCUT2D eigenvalue weighted by Crippen LogP contribution is -2.30. The van der Waals surface area contributed by atoms with E-state index in [-0.39, 0.29) is 11.9 Å². The van der Waals surface area contributed by atoms with Gasteiger partial charge in [0.25, 0.3) is 5.91 Å².